The molecule has 5 heteroatoms. The van der Waals surface area contributed by atoms with Gasteiger partial charge in [-0.3, -0.25) is 0 Å². The fraction of sp³-hybridized carbons (Fsp3) is 0.571. The first-order valence-corrected chi connectivity index (χ1v) is 11.8. The van der Waals surface area contributed by atoms with E-state index in [-0.39, 0.29) is 5.82 Å². The lowest BCUT2D eigenvalue weighted by Gasteiger charge is -2.17. The third-order valence-corrected chi connectivity index (χ3v) is 7.02. The molecule has 1 unspecified atom stereocenters. The van der Waals surface area contributed by atoms with Gasteiger partial charge in [0.1, 0.15) is 5.82 Å². The van der Waals surface area contributed by atoms with Crippen LogP contribution in [0.2, 0.25) is 0 Å². The van der Waals surface area contributed by atoms with E-state index >= 15 is 0 Å². The summed E-state index contributed by atoms with van der Waals surface area (Å²) in [5.74, 6) is 2.08. The molecule has 2 aromatic rings. The highest BCUT2D eigenvalue weighted by Crippen LogP contribution is 2.26. The van der Waals surface area contributed by atoms with Gasteiger partial charge in [0.05, 0.1) is 6.33 Å². The summed E-state index contributed by atoms with van der Waals surface area (Å²) >= 11 is 3.88. The van der Waals surface area contributed by atoms with Crippen LogP contribution in [0.1, 0.15) is 51.9 Å². The van der Waals surface area contributed by atoms with Gasteiger partial charge in [0.2, 0.25) is 0 Å². The van der Waals surface area contributed by atoms with E-state index in [4.69, 9.17) is 0 Å². The maximum Gasteiger partial charge on any atom is 0.123 e. The molecule has 0 N–H and O–H groups in total. The Kier molecular flexibility index (Phi) is 10.9. The highest BCUT2D eigenvalue weighted by Gasteiger charge is 2.11. The number of benzene rings is 1. The number of rotatable bonds is 14. The van der Waals surface area contributed by atoms with Gasteiger partial charge in [0.25, 0.3) is 0 Å². The van der Waals surface area contributed by atoms with Crippen molar-refractivity contribution in [2.45, 2.75) is 68.6 Å². The van der Waals surface area contributed by atoms with Crippen LogP contribution in [0.4, 0.5) is 4.39 Å². The number of aromatic nitrogens is 2. The first kappa shape index (κ1) is 21.4. The van der Waals surface area contributed by atoms with Crippen molar-refractivity contribution in [3.63, 3.8) is 0 Å². The van der Waals surface area contributed by atoms with Gasteiger partial charge in [0.15, 0.2) is 0 Å². The Morgan fingerprint density at radius 3 is 2.46 bits per heavy atom. The number of hydrogen-bond donors (Lipinski definition) is 0. The van der Waals surface area contributed by atoms with E-state index in [2.05, 4.69) is 28.2 Å². The van der Waals surface area contributed by atoms with Gasteiger partial charge in [-0.25, -0.2) is 9.37 Å². The Balaban J connectivity index is 1.70. The molecule has 0 saturated heterocycles. The van der Waals surface area contributed by atoms with E-state index < -0.39 is 0 Å². The number of imidazole rings is 1. The summed E-state index contributed by atoms with van der Waals surface area (Å²) in [6.45, 7) is 3.25. The Bertz CT molecular complexity index is 572. The molecule has 0 bridgehead atoms. The lowest BCUT2D eigenvalue weighted by atomic mass is 10.1. The molecule has 1 aromatic carbocycles. The molecule has 0 saturated carbocycles. The molecule has 1 aromatic heterocycles. The third-order valence-electron chi connectivity index (χ3n) is 4.32. The van der Waals surface area contributed by atoms with Crippen LogP contribution in [0.3, 0.4) is 0 Å². The summed E-state index contributed by atoms with van der Waals surface area (Å²) in [6, 6.07) is 6.82. The second kappa shape index (κ2) is 13.3. The molecule has 26 heavy (non-hydrogen) atoms. The average molecular weight is 395 g/mol. The molecule has 0 fully saturated rings. The molecular weight excluding hydrogens is 363 g/mol. The fourth-order valence-electron chi connectivity index (χ4n) is 2.81. The molecule has 0 aliphatic rings. The van der Waals surface area contributed by atoms with Crippen LogP contribution in [0.15, 0.2) is 47.9 Å². The van der Waals surface area contributed by atoms with Crippen LogP contribution in [-0.4, -0.2) is 26.3 Å². The summed E-state index contributed by atoms with van der Waals surface area (Å²) in [6.07, 6.45) is 15.3. The SMILES string of the molecule is CCCCCCCCCSC(CSc1ccc(F)cc1)Cn1ccnc1. The summed E-state index contributed by atoms with van der Waals surface area (Å²) in [7, 11) is 0. The molecule has 0 amide bonds. The van der Waals surface area contributed by atoms with Crippen molar-refractivity contribution in [3.8, 4) is 0 Å². The molecule has 1 heterocycles. The smallest absolute Gasteiger partial charge is 0.123 e. The zero-order chi connectivity index (χ0) is 18.5. The maximum atomic E-state index is 13.1. The van der Waals surface area contributed by atoms with E-state index in [0.717, 1.165) is 17.2 Å². The zero-order valence-corrected chi connectivity index (χ0v) is 17.4. The molecule has 0 radical (unpaired) electrons. The van der Waals surface area contributed by atoms with Crippen molar-refractivity contribution in [2.24, 2.45) is 0 Å². The molecule has 2 rings (SSSR count). The first-order valence-electron chi connectivity index (χ1n) is 9.73. The average Bonchev–Trinajstić information content (AvgIpc) is 3.16. The second-order valence-corrected chi connectivity index (χ2v) is 9.14. The third kappa shape index (κ3) is 9.13. The Hall–Kier alpha value is -0.940. The van der Waals surface area contributed by atoms with Crippen LogP contribution in [-0.2, 0) is 6.54 Å². The molecular formula is C21H31FN2S2. The van der Waals surface area contributed by atoms with Gasteiger partial charge >= 0.3 is 0 Å². The zero-order valence-electron chi connectivity index (χ0n) is 15.8. The van der Waals surface area contributed by atoms with Crippen LogP contribution in [0.5, 0.6) is 0 Å². The molecule has 0 spiro atoms. The summed E-state index contributed by atoms with van der Waals surface area (Å²) in [4.78, 5) is 5.29. The van der Waals surface area contributed by atoms with Gasteiger partial charge in [-0.1, -0.05) is 45.4 Å². The quantitative estimate of drug-likeness (QED) is 0.263. The Labute approximate surface area is 166 Å². The van der Waals surface area contributed by atoms with Crippen molar-refractivity contribution in [2.75, 3.05) is 11.5 Å². The largest absolute Gasteiger partial charge is 0.336 e. The highest BCUT2D eigenvalue weighted by molar-refractivity contribution is 8.03. The van der Waals surface area contributed by atoms with Crippen LogP contribution in [0, 0.1) is 5.82 Å². The fourth-order valence-corrected chi connectivity index (χ4v) is 5.20. The predicted molar refractivity (Wildman–Crippen MR) is 114 cm³/mol. The van der Waals surface area contributed by atoms with Gasteiger partial charge < -0.3 is 4.57 Å². The summed E-state index contributed by atoms with van der Waals surface area (Å²) in [5, 5.41) is 0.541. The Morgan fingerprint density at radius 1 is 1.04 bits per heavy atom. The van der Waals surface area contributed by atoms with Gasteiger partial charge in [-0.15, -0.1) is 11.8 Å². The maximum absolute atomic E-state index is 13.1. The molecule has 0 aliphatic carbocycles. The van der Waals surface area contributed by atoms with E-state index in [0.29, 0.717) is 5.25 Å². The van der Waals surface area contributed by atoms with E-state index in [1.807, 2.05) is 42.6 Å². The van der Waals surface area contributed by atoms with Gasteiger partial charge in [-0.05, 0) is 36.4 Å². The summed E-state index contributed by atoms with van der Waals surface area (Å²) in [5.41, 5.74) is 0. The molecule has 1 atom stereocenters. The monoisotopic (exact) mass is 394 g/mol. The van der Waals surface area contributed by atoms with Crippen molar-refractivity contribution in [1.82, 2.24) is 9.55 Å². The number of nitrogens with zero attached hydrogens (tertiary/aromatic N) is 2. The molecule has 2 nitrogen and oxygen atoms in total. The minimum absolute atomic E-state index is 0.169. The number of hydrogen-bond acceptors (Lipinski definition) is 3. The van der Waals surface area contributed by atoms with Crippen molar-refractivity contribution in [1.29, 1.82) is 0 Å². The normalized spacial score (nSPS) is 12.4. The van der Waals surface area contributed by atoms with E-state index in [1.165, 1.54) is 50.7 Å². The molecule has 144 valence electrons. The van der Waals surface area contributed by atoms with Crippen LogP contribution in [0.25, 0.3) is 0 Å². The minimum Gasteiger partial charge on any atom is -0.336 e. The second-order valence-electron chi connectivity index (χ2n) is 6.64. The lowest BCUT2D eigenvalue weighted by Crippen LogP contribution is -2.15. The number of halogens is 1. The van der Waals surface area contributed by atoms with E-state index in [9.17, 15) is 4.39 Å². The predicted octanol–water partition coefficient (Wildman–Crippen LogP) is 6.67. The van der Waals surface area contributed by atoms with Gasteiger partial charge in [-0.2, -0.15) is 11.8 Å². The van der Waals surface area contributed by atoms with E-state index in [1.54, 1.807) is 12.1 Å². The summed E-state index contributed by atoms with van der Waals surface area (Å²) < 4.78 is 15.2. The topological polar surface area (TPSA) is 17.8 Å². The first-order chi connectivity index (χ1) is 12.8. The van der Waals surface area contributed by atoms with Crippen molar-refractivity contribution < 1.29 is 4.39 Å². The van der Waals surface area contributed by atoms with Crippen molar-refractivity contribution in [3.05, 3.63) is 48.8 Å². The van der Waals surface area contributed by atoms with Crippen molar-refractivity contribution >= 4 is 23.5 Å². The number of unbranched alkanes of at least 4 members (excludes halogenated alkanes) is 6. The van der Waals surface area contributed by atoms with Crippen LogP contribution < -0.4 is 0 Å². The van der Waals surface area contributed by atoms with Gasteiger partial charge in [0, 0.05) is 34.8 Å². The Morgan fingerprint density at radius 2 is 1.77 bits per heavy atom. The number of thioether (sulfide) groups is 2. The lowest BCUT2D eigenvalue weighted by molar-refractivity contribution is 0.603. The van der Waals surface area contributed by atoms with Crippen LogP contribution >= 0.6 is 23.5 Å². The molecule has 0 aliphatic heterocycles. The standard InChI is InChI=1S/C21H31FN2S2/c1-2-3-4-5-6-7-8-15-25-21(16-24-14-13-23-18-24)17-26-20-11-9-19(22)10-12-20/h9-14,18,21H,2-8,15-17H2,1H3. The minimum atomic E-state index is -0.169. The highest BCUT2D eigenvalue weighted by atomic mass is 32.2.